The van der Waals surface area contributed by atoms with Crippen LogP contribution in [0.1, 0.15) is 30.4 Å². The van der Waals surface area contributed by atoms with Gasteiger partial charge in [0.15, 0.2) is 6.61 Å². The molecule has 0 aliphatic carbocycles. The number of hydrogen-bond acceptors (Lipinski definition) is 4. The third-order valence-electron chi connectivity index (χ3n) is 3.96. The van der Waals surface area contributed by atoms with E-state index in [1.807, 2.05) is 19.1 Å². The van der Waals surface area contributed by atoms with Gasteiger partial charge >= 0.3 is 12.1 Å². The molecule has 30 heavy (non-hydrogen) atoms. The summed E-state index contributed by atoms with van der Waals surface area (Å²) in [5.74, 6) is -1.67. The average molecular weight is 422 g/mol. The van der Waals surface area contributed by atoms with Crippen molar-refractivity contribution in [2.24, 2.45) is 0 Å². The maximum Gasteiger partial charge on any atom is 0.416 e. The molecule has 9 heteroatoms. The smallest absolute Gasteiger partial charge is 0.416 e. The molecule has 0 radical (unpaired) electrons. The van der Waals surface area contributed by atoms with E-state index >= 15 is 0 Å². The molecular formula is C21H21F3N2O4. The fraction of sp³-hybridized carbons (Fsp3) is 0.286. The van der Waals surface area contributed by atoms with Gasteiger partial charge in [0, 0.05) is 24.2 Å². The lowest BCUT2D eigenvalue weighted by molar-refractivity contribution is -0.147. The van der Waals surface area contributed by atoms with Crippen LogP contribution in [0.5, 0.6) is 0 Å². The Morgan fingerprint density at radius 3 is 2.23 bits per heavy atom. The van der Waals surface area contributed by atoms with Crippen molar-refractivity contribution >= 4 is 29.2 Å². The number of hydrogen-bond donors (Lipinski definition) is 2. The quantitative estimate of drug-likeness (QED) is 0.621. The number of rotatable bonds is 8. The minimum Gasteiger partial charge on any atom is -0.456 e. The Morgan fingerprint density at radius 2 is 1.57 bits per heavy atom. The number of carbonyl (C=O) groups excluding carboxylic acids is 3. The molecule has 0 bridgehead atoms. The first kappa shape index (κ1) is 22.9. The lowest BCUT2D eigenvalue weighted by Crippen LogP contribution is -2.21. The van der Waals surface area contributed by atoms with Crippen LogP contribution in [-0.4, -0.2) is 24.4 Å². The van der Waals surface area contributed by atoms with Gasteiger partial charge in [0.1, 0.15) is 0 Å². The minimum absolute atomic E-state index is 0.0187. The van der Waals surface area contributed by atoms with Crippen molar-refractivity contribution in [3.8, 4) is 0 Å². The molecule has 2 aromatic carbocycles. The number of ether oxygens (including phenoxy) is 1. The van der Waals surface area contributed by atoms with E-state index in [2.05, 4.69) is 10.6 Å². The van der Waals surface area contributed by atoms with Crippen LogP contribution < -0.4 is 10.6 Å². The van der Waals surface area contributed by atoms with Gasteiger partial charge in [0.25, 0.3) is 5.91 Å². The van der Waals surface area contributed by atoms with Crippen LogP contribution in [0.2, 0.25) is 0 Å². The van der Waals surface area contributed by atoms with Crippen molar-refractivity contribution in [3.63, 3.8) is 0 Å². The van der Waals surface area contributed by atoms with Gasteiger partial charge in [-0.1, -0.05) is 23.8 Å². The summed E-state index contributed by atoms with van der Waals surface area (Å²) in [5.41, 5.74) is 0.766. The third kappa shape index (κ3) is 7.94. The number of halogens is 3. The molecule has 160 valence electrons. The molecule has 0 saturated heterocycles. The highest BCUT2D eigenvalue weighted by atomic mass is 19.4. The highest BCUT2D eigenvalue weighted by Crippen LogP contribution is 2.30. The van der Waals surface area contributed by atoms with Crippen molar-refractivity contribution in [1.29, 1.82) is 0 Å². The number of amides is 2. The topological polar surface area (TPSA) is 84.5 Å². The third-order valence-corrected chi connectivity index (χ3v) is 3.96. The van der Waals surface area contributed by atoms with Gasteiger partial charge in [0.05, 0.1) is 5.56 Å². The number of esters is 1. The Bertz CT molecular complexity index is 896. The van der Waals surface area contributed by atoms with Gasteiger partial charge in [-0.3, -0.25) is 14.4 Å². The molecule has 0 unspecified atom stereocenters. The molecule has 2 amide bonds. The lowest BCUT2D eigenvalue weighted by Gasteiger charge is -2.10. The summed E-state index contributed by atoms with van der Waals surface area (Å²) in [6.07, 6.45) is -4.56. The first-order valence-corrected chi connectivity index (χ1v) is 9.13. The van der Waals surface area contributed by atoms with Crippen molar-refractivity contribution < 1.29 is 32.3 Å². The summed E-state index contributed by atoms with van der Waals surface area (Å²) in [5, 5.41) is 4.94. The molecule has 2 rings (SSSR count). The van der Waals surface area contributed by atoms with E-state index < -0.39 is 36.1 Å². The van der Waals surface area contributed by atoms with Crippen molar-refractivity contribution in [1.82, 2.24) is 0 Å². The van der Waals surface area contributed by atoms with Crippen molar-refractivity contribution in [2.75, 3.05) is 17.2 Å². The van der Waals surface area contributed by atoms with Gasteiger partial charge < -0.3 is 15.4 Å². The number of anilines is 2. The molecule has 0 heterocycles. The van der Waals surface area contributed by atoms with Gasteiger partial charge in [0.2, 0.25) is 5.91 Å². The average Bonchev–Trinajstić information content (AvgIpc) is 2.68. The summed E-state index contributed by atoms with van der Waals surface area (Å²) in [7, 11) is 0. The summed E-state index contributed by atoms with van der Waals surface area (Å²) in [6, 6.07) is 11.4. The highest BCUT2D eigenvalue weighted by molar-refractivity contribution is 5.93. The SMILES string of the molecule is Cc1ccc(NC(=O)COC(=O)CCCC(=O)Nc2cccc(C(F)(F)F)c2)cc1. The Morgan fingerprint density at radius 1 is 0.900 bits per heavy atom. The maximum absolute atomic E-state index is 12.7. The van der Waals surface area contributed by atoms with E-state index in [1.165, 1.54) is 12.1 Å². The zero-order valence-electron chi connectivity index (χ0n) is 16.2. The zero-order chi connectivity index (χ0) is 22.1. The monoisotopic (exact) mass is 422 g/mol. The molecule has 0 fully saturated rings. The molecule has 2 N–H and O–H groups in total. The molecule has 0 atom stereocenters. The lowest BCUT2D eigenvalue weighted by atomic mass is 10.2. The Labute approximate surface area is 171 Å². The first-order chi connectivity index (χ1) is 14.1. The van der Waals surface area contributed by atoms with E-state index in [4.69, 9.17) is 4.74 Å². The predicted octanol–water partition coefficient (Wildman–Crippen LogP) is 4.30. The predicted molar refractivity (Wildman–Crippen MR) is 105 cm³/mol. The zero-order valence-corrected chi connectivity index (χ0v) is 16.2. The van der Waals surface area contributed by atoms with Gasteiger partial charge in [-0.05, 0) is 43.7 Å². The second-order valence-corrected chi connectivity index (χ2v) is 6.56. The van der Waals surface area contributed by atoms with Crippen LogP contribution in [0, 0.1) is 6.92 Å². The maximum atomic E-state index is 12.7. The fourth-order valence-corrected chi connectivity index (χ4v) is 2.44. The van der Waals surface area contributed by atoms with Crippen LogP contribution in [-0.2, 0) is 25.3 Å². The summed E-state index contributed by atoms with van der Waals surface area (Å²) in [6.45, 7) is 1.45. The molecule has 6 nitrogen and oxygen atoms in total. The van der Waals surface area contributed by atoms with Crippen LogP contribution in [0.25, 0.3) is 0 Å². The second kappa shape index (κ2) is 10.4. The molecular weight excluding hydrogens is 401 g/mol. The van der Waals surface area contributed by atoms with Gasteiger partial charge in [-0.15, -0.1) is 0 Å². The van der Waals surface area contributed by atoms with E-state index in [0.717, 1.165) is 17.7 Å². The minimum atomic E-state index is -4.50. The summed E-state index contributed by atoms with van der Waals surface area (Å²) in [4.78, 5) is 35.3. The van der Waals surface area contributed by atoms with Gasteiger partial charge in [-0.25, -0.2) is 0 Å². The van der Waals surface area contributed by atoms with Crippen LogP contribution in [0.4, 0.5) is 24.5 Å². The van der Waals surface area contributed by atoms with E-state index in [9.17, 15) is 27.6 Å². The van der Waals surface area contributed by atoms with E-state index in [0.29, 0.717) is 5.69 Å². The number of carbonyl (C=O) groups is 3. The number of aryl methyl sites for hydroxylation is 1. The fourth-order valence-electron chi connectivity index (χ4n) is 2.44. The van der Waals surface area contributed by atoms with Gasteiger partial charge in [-0.2, -0.15) is 13.2 Å². The first-order valence-electron chi connectivity index (χ1n) is 9.13. The second-order valence-electron chi connectivity index (χ2n) is 6.56. The molecule has 0 aliphatic rings. The molecule has 0 aliphatic heterocycles. The summed E-state index contributed by atoms with van der Waals surface area (Å²) < 4.78 is 42.9. The van der Waals surface area contributed by atoms with Crippen molar-refractivity contribution in [3.05, 3.63) is 59.7 Å². The van der Waals surface area contributed by atoms with Crippen LogP contribution >= 0.6 is 0 Å². The molecule has 0 spiro atoms. The van der Waals surface area contributed by atoms with E-state index in [-0.39, 0.29) is 24.9 Å². The number of benzene rings is 2. The summed E-state index contributed by atoms with van der Waals surface area (Å²) >= 11 is 0. The standard InChI is InChI=1S/C21H21F3N2O4/c1-14-8-10-16(11-9-14)25-19(28)13-30-20(29)7-3-6-18(27)26-17-5-2-4-15(12-17)21(22,23)24/h2,4-5,8-12H,3,6-7,13H2,1H3,(H,25,28)(H,26,27). The Balaban J connectivity index is 1.67. The Hall–Kier alpha value is -3.36. The largest absolute Gasteiger partial charge is 0.456 e. The number of alkyl halides is 3. The normalized spacial score (nSPS) is 10.9. The highest BCUT2D eigenvalue weighted by Gasteiger charge is 2.30. The molecule has 2 aromatic rings. The molecule has 0 saturated carbocycles. The molecule has 0 aromatic heterocycles. The van der Waals surface area contributed by atoms with E-state index in [1.54, 1.807) is 12.1 Å². The Kier molecular flexibility index (Phi) is 7.97. The number of nitrogens with one attached hydrogen (secondary N) is 2. The van der Waals surface area contributed by atoms with Crippen LogP contribution in [0.15, 0.2) is 48.5 Å². The van der Waals surface area contributed by atoms with Crippen molar-refractivity contribution in [2.45, 2.75) is 32.4 Å². The van der Waals surface area contributed by atoms with Crippen LogP contribution in [0.3, 0.4) is 0 Å².